The van der Waals surface area contributed by atoms with Crippen LogP contribution in [0.4, 0.5) is 11.4 Å². The summed E-state index contributed by atoms with van der Waals surface area (Å²) >= 11 is 1.24. The van der Waals surface area contributed by atoms with Crippen LogP contribution in [0.5, 0.6) is 0 Å². The molecule has 1 N–H and O–H groups in total. The average Bonchev–Trinajstić information content (AvgIpc) is 3.40. The second-order valence-corrected chi connectivity index (χ2v) is 10.5. The van der Waals surface area contributed by atoms with Gasteiger partial charge in [-0.2, -0.15) is 0 Å². The van der Waals surface area contributed by atoms with Crippen molar-refractivity contribution in [1.82, 2.24) is 0 Å². The lowest BCUT2D eigenvalue weighted by molar-refractivity contribution is 0.0695. The third kappa shape index (κ3) is 4.22. The van der Waals surface area contributed by atoms with Crippen LogP contribution in [-0.4, -0.2) is 34.7 Å². The molecule has 0 unspecified atom stereocenters. The first-order valence-electron chi connectivity index (χ1n) is 12.4. The number of hydrogen-bond acceptors (Lipinski definition) is 6. The summed E-state index contributed by atoms with van der Waals surface area (Å²) in [6.07, 6.45) is 10.9. The number of carbonyl (C=O) groups is 5. The molecule has 6 rings (SSSR count). The SMILES string of the molecule is C#Cc1cccc(N2C(=O)c3ccc(Sc4ccc5c(c4)C(=O)N(c4cc(C#C)cc(C(=O)O)c4)C5=O)cc3C2=O)c1. The fourth-order valence-corrected chi connectivity index (χ4v) is 5.75. The summed E-state index contributed by atoms with van der Waals surface area (Å²) in [4.78, 5) is 67.6. The van der Waals surface area contributed by atoms with Gasteiger partial charge in [0.15, 0.2) is 0 Å². The molecular weight excluding hydrogens is 552 g/mol. The minimum Gasteiger partial charge on any atom is -0.478 e. The van der Waals surface area contributed by atoms with E-state index in [0.717, 1.165) is 9.80 Å². The molecule has 4 aromatic rings. The van der Waals surface area contributed by atoms with Gasteiger partial charge in [0.25, 0.3) is 23.6 Å². The maximum Gasteiger partial charge on any atom is 0.335 e. The van der Waals surface area contributed by atoms with Crippen molar-refractivity contribution in [2.45, 2.75) is 9.79 Å². The van der Waals surface area contributed by atoms with Gasteiger partial charge in [0.05, 0.1) is 39.2 Å². The Balaban J connectivity index is 1.28. The molecule has 200 valence electrons. The van der Waals surface area contributed by atoms with Crippen LogP contribution < -0.4 is 9.80 Å². The Bertz CT molecular complexity index is 2020. The summed E-state index contributed by atoms with van der Waals surface area (Å²) in [7, 11) is 0. The number of nitrogens with zero attached hydrogens (tertiary/aromatic N) is 2. The number of terminal acetylenes is 2. The predicted molar refractivity (Wildman–Crippen MR) is 155 cm³/mol. The van der Waals surface area contributed by atoms with E-state index in [4.69, 9.17) is 12.8 Å². The molecule has 0 saturated heterocycles. The number of imide groups is 2. The Morgan fingerprint density at radius 2 is 1.14 bits per heavy atom. The standard InChI is InChI=1S/C33H16N2O6S/c1-3-18-6-5-7-21(13-18)34-29(36)25-10-8-23(16-27(25)31(34)38)42-24-9-11-26-28(17-24)32(39)35(30(26)37)22-14-19(4-2)12-20(15-22)33(40)41/h1-2,5-17H,(H,40,41). The first-order chi connectivity index (χ1) is 20.2. The van der Waals surface area contributed by atoms with Gasteiger partial charge in [0.2, 0.25) is 0 Å². The first kappa shape index (κ1) is 26.3. The van der Waals surface area contributed by atoms with Crippen molar-refractivity contribution in [3.8, 4) is 24.7 Å². The third-order valence-corrected chi connectivity index (χ3v) is 7.79. The van der Waals surface area contributed by atoms with Crippen molar-refractivity contribution in [2.75, 3.05) is 9.80 Å². The van der Waals surface area contributed by atoms with Crippen molar-refractivity contribution >= 4 is 52.7 Å². The Labute approximate surface area is 243 Å². The molecule has 0 spiro atoms. The molecule has 9 heteroatoms. The largest absolute Gasteiger partial charge is 0.478 e. The fraction of sp³-hybridized carbons (Fsp3) is 0. The van der Waals surface area contributed by atoms with Crippen LogP contribution in [-0.2, 0) is 0 Å². The van der Waals surface area contributed by atoms with Crippen LogP contribution in [0.25, 0.3) is 0 Å². The molecule has 0 saturated carbocycles. The van der Waals surface area contributed by atoms with Crippen molar-refractivity contribution < 1.29 is 29.1 Å². The van der Waals surface area contributed by atoms with Crippen LogP contribution >= 0.6 is 11.8 Å². The molecule has 4 amide bonds. The zero-order chi connectivity index (χ0) is 29.7. The van der Waals surface area contributed by atoms with Gasteiger partial charge in [0, 0.05) is 20.9 Å². The summed E-state index contributed by atoms with van der Waals surface area (Å²) in [5.74, 6) is 1.43. The highest BCUT2D eigenvalue weighted by atomic mass is 32.2. The van der Waals surface area contributed by atoms with E-state index in [2.05, 4.69) is 11.8 Å². The Morgan fingerprint density at radius 3 is 1.69 bits per heavy atom. The highest BCUT2D eigenvalue weighted by Crippen LogP contribution is 2.37. The number of hydrogen-bond donors (Lipinski definition) is 1. The minimum absolute atomic E-state index is 0.0578. The van der Waals surface area contributed by atoms with Crippen molar-refractivity contribution in [3.63, 3.8) is 0 Å². The lowest BCUT2D eigenvalue weighted by Crippen LogP contribution is -2.29. The Hall–Kier alpha value is -5.90. The van der Waals surface area contributed by atoms with Gasteiger partial charge in [0.1, 0.15) is 0 Å². The smallest absolute Gasteiger partial charge is 0.335 e. The number of carboxylic acid groups (broad SMARTS) is 1. The van der Waals surface area contributed by atoms with Gasteiger partial charge < -0.3 is 5.11 Å². The third-order valence-electron chi connectivity index (χ3n) is 6.81. The molecule has 0 atom stereocenters. The zero-order valence-corrected chi connectivity index (χ0v) is 22.3. The van der Waals surface area contributed by atoms with Crippen LogP contribution in [0.2, 0.25) is 0 Å². The van der Waals surface area contributed by atoms with Gasteiger partial charge in [-0.25, -0.2) is 14.6 Å². The highest BCUT2D eigenvalue weighted by Gasteiger charge is 2.38. The molecule has 42 heavy (non-hydrogen) atoms. The molecule has 2 aliphatic rings. The van der Waals surface area contributed by atoms with Gasteiger partial charge in [-0.15, -0.1) is 12.8 Å². The molecule has 0 radical (unpaired) electrons. The molecule has 2 heterocycles. The summed E-state index contributed by atoms with van der Waals surface area (Å²) < 4.78 is 0. The van der Waals surface area contributed by atoms with E-state index < -0.39 is 29.6 Å². The number of fused-ring (bicyclic) bond motifs is 2. The maximum absolute atomic E-state index is 13.3. The molecule has 0 aromatic heterocycles. The zero-order valence-electron chi connectivity index (χ0n) is 21.5. The van der Waals surface area contributed by atoms with Gasteiger partial charge in [-0.05, 0) is 72.8 Å². The van der Waals surface area contributed by atoms with E-state index in [1.165, 1.54) is 36.0 Å². The Kier molecular flexibility index (Phi) is 6.23. The van der Waals surface area contributed by atoms with E-state index in [1.54, 1.807) is 54.6 Å². The summed E-state index contributed by atoms with van der Waals surface area (Å²) in [5.41, 5.74) is 1.82. The van der Waals surface area contributed by atoms with E-state index in [0.29, 0.717) is 21.0 Å². The molecule has 0 bridgehead atoms. The monoisotopic (exact) mass is 568 g/mol. The molecule has 2 aliphatic heterocycles. The van der Waals surface area contributed by atoms with E-state index in [1.807, 2.05) is 0 Å². The van der Waals surface area contributed by atoms with Crippen LogP contribution in [0.1, 0.15) is 62.9 Å². The van der Waals surface area contributed by atoms with E-state index in [9.17, 15) is 29.1 Å². The number of benzene rings is 4. The van der Waals surface area contributed by atoms with Gasteiger partial charge in [-0.1, -0.05) is 29.7 Å². The highest BCUT2D eigenvalue weighted by molar-refractivity contribution is 7.99. The molecule has 0 aliphatic carbocycles. The second-order valence-electron chi connectivity index (χ2n) is 9.32. The number of anilines is 2. The molecule has 8 nitrogen and oxygen atoms in total. The number of rotatable bonds is 5. The van der Waals surface area contributed by atoms with E-state index in [-0.39, 0.29) is 39.1 Å². The minimum atomic E-state index is -1.25. The van der Waals surface area contributed by atoms with Crippen LogP contribution in [0.15, 0.2) is 88.7 Å². The van der Waals surface area contributed by atoms with Gasteiger partial charge >= 0.3 is 5.97 Å². The van der Waals surface area contributed by atoms with Crippen molar-refractivity contribution in [1.29, 1.82) is 0 Å². The summed E-state index contributed by atoms with van der Waals surface area (Å²) in [6.45, 7) is 0. The molecule has 0 fully saturated rings. The van der Waals surface area contributed by atoms with E-state index >= 15 is 0 Å². The predicted octanol–water partition coefficient (Wildman–Crippen LogP) is 5.10. The fourth-order valence-electron chi connectivity index (χ4n) is 4.85. The molecular formula is C33H16N2O6S. The lowest BCUT2D eigenvalue weighted by Gasteiger charge is -2.15. The maximum atomic E-state index is 13.3. The molecule has 4 aromatic carbocycles. The topological polar surface area (TPSA) is 112 Å². The average molecular weight is 569 g/mol. The first-order valence-corrected chi connectivity index (χ1v) is 13.2. The van der Waals surface area contributed by atoms with Gasteiger partial charge in [-0.3, -0.25) is 19.2 Å². The second kappa shape index (κ2) is 9.93. The normalized spacial score (nSPS) is 13.6. The van der Waals surface area contributed by atoms with Crippen LogP contribution in [0, 0.1) is 24.7 Å². The summed E-state index contributed by atoms with van der Waals surface area (Å²) in [5, 5.41) is 9.43. The number of carboxylic acids is 1. The van der Waals surface area contributed by atoms with Crippen molar-refractivity contribution in [2.24, 2.45) is 0 Å². The number of carbonyl (C=O) groups excluding carboxylic acids is 4. The number of aromatic carboxylic acids is 1. The van der Waals surface area contributed by atoms with Crippen LogP contribution in [0.3, 0.4) is 0 Å². The van der Waals surface area contributed by atoms with Crippen molar-refractivity contribution in [3.05, 3.63) is 118 Å². The Morgan fingerprint density at radius 1 is 0.619 bits per heavy atom. The lowest BCUT2D eigenvalue weighted by atomic mass is 10.1. The quantitative estimate of drug-likeness (QED) is 0.263. The summed E-state index contributed by atoms with van der Waals surface area (Å²) in [6, 6.07) is 20.1. The number of amides is 4.